The smallest absolute Gasteiger partial charge is 0.126 e. The summed E-state index contributed by atoms with van der Waals surface area (Å²) in [7, 11) is 3.25. The number of alkyl halides is 1. The zero-order valence-electron chi connectivity index (χ0n) is 14.9. The molecule has 0 aromatic carbocycles. The fourth-order valence-corrected chi connectivity index (χ4v) is 0. The summed E-state index contributed by atoms with van der Waals surface area (Å²) >= 11 is 0. The number of ether oxygens (including phenoxy) is 1. The molecule has 0 rings (SSSR count). The highest BCUT2D eigenvalue weighted by Gasteiger charge is 1.73. The molecule has 0 heterocycles. The summed E-state index contributed by atoms with van der Waals surface area (Å²) in [6, 6.07) is 0. The molecule has 122 valence electrons. The molecular formula is C15H37FO3. The highest BCUT2D eigenvalue weighted by atomic mass is 19.1. The third-order valence-electron chi connectivity index (χ3n) is 0. The number of hydrogen-bond acceptors (Lipinski definition) is 3. The predicted octanol–water partition coefficient (Wildman–Crippen LogP) is 4.27. The highest BCUT2D eigenvalue weighted by molar-refractivity contribution is 5.72. The molecule has 0 spiro atoms. The van der Waals surface area contributed by atoms with Crippen molar-refractivity contribution in [3.8, 4) is 0 Å². The number of aliphatic hydroxyl groups excluding tert-OH is 1. The number of halogens is 1. The van der Waals surface area contributed by atoms with Gasteiger partial charge in [0.05, 0.1) is 6.17 Å². The van der Waals surface area contributed by atoms with E-state index >= 15 is 0 Å². The van der Waals surface area contributed by atoms with E-state index in [0.29, 0.717) is 0 Å². The molecule has 3 nitrogen and oxygen atoms in total. The summed E-state index contributed by atoms with van der Waals surface area (Å²) in [5.74, 6) is 1.00. The lowest BCUT2D eigenvalue weighted by atomic mass is 10.3. The molecule has 0 fully saturated rings. The van der Waals surface area contributed by atoms with Crippen molar-refractivity contribution < 1.29 is 19.0 Å². The lowest BCUT2D eigenvalue weighted by Crippen LogP contribution is -1.85. The Morgan fingerprint density at radius 1 is 0.947 bits per heavy atom. The van der Waals surface area contributed by atoms with E-state index in [1.165, 1.54) is 27.7 Å². The van der Waals surface area contributed by atoms with Gasteiger partial charge in [-0.1, -0.05) is 20.8 Å². The van der Waals surface area contributed by atoms with Crippen LogP contribution in [0.4, 0.5) is 4.39 Å². The zero-order valence-corrected chi connectivity index (χ0v) is 14.9. The quantitative estimate of drug-likeness (QED) is 0.722. The second-order valence-electron chi connectivity index (χ2n) is 5.16. The van der Waals surface area contributed by atoms with Crippen molar-refractivity contribution in [2.75, 3.05) is 14.2 Å². The van der Waals surface area contributed by atoms with Crippen LogP contribution in [0, 0.1) is 5.92 Å². The Labute approximate surface area is 120 Å². The molecule has 0 unspecified atom stereocenters. The maximum atomic E-state index is 11.0. The number of hydrogen-bond donors (Lipinski definition) is 1. The molecule has 0 bridgehead atoms. The second kappa shape index (κ2) is 30.5. The lowest BCUT2D eigenvalue weighted by molar-refractivity contribution is -0.114. The Morgan fingerprint density at radius 2 is 0.947 bits per heavy atom. The molecule has 19 heavy (non-hydrogen) atoms. The van der Waals surface area contributed by atoms with Gasteiger partial charge in [-0.3, -0.25) is 0 Å². The summed E-state index contributed by atoms with van der Waals surface area (Å²) in [5, 5.41) is 8.06. The lowest BCUT2D eigenvalue weighted by Gasteiger charge is -1.80. The van der Waals surface area contributed by atoms with Gasteiger partial charge in [-0.25, -0.2) is 4.39 Å². The summed E-state index contributed by atoms with van der Waals surface area (Å²) in [5.41, 5.74) is 0. The van der Waals surface area contributed by atoms with E-state index in [9.17, 15) is 9.18 Å². The van der Waals surface area contributed by atoms with E-state index in [0.717, 1.165) is 5.92 Å². The number of Topliss-reactive ketones (excluding diaryl/α,β-unsaturated/α-hetero) is 1. The van der Waals surface area contributed by atoms with Crippen LogP contribution in [0.25, 0.3) is 0 Å². The topological polar surface area (TPSA) is 46.5 Å². The molecule has 0 saturated heterocycles. The monoisotopic (exact) mass is 284 g/mol. The van der Waals surface area contributed by atoms with Gasteiger partial charge in [-0.05, 0) is 47.5 Å². The standard InChI is InChI=1S/C4H10.C3H7F.C3H8O.C3H6O.C2H6O/c1-4(2)3;3*1-3(2)4;1-3-2/h4H,1-3H3;3H,1-2H3;3-4H,1-2H3;1-2H3;1-2H3. The molecule has 0 amide bonds. The van der Waals surface area contributed by atoms with Crippen molar-refractivity contribution in [2.45, 2.75) is 74.6 Å². The molecule has 0 saturated carbocycles. The average molecular weight is 284 g/mol. The molecular weight excluding hydrogens is 247 g/mol. The van der Waals surface area contributed by atoms with Crippen molar-refractivity contribution in [2.24, 2.45) is 5.92 Å². The molecule has 0 radical (unpaired) electrons. The number of methoxy groups -OCH3 is 1. The fraction of sp³-hybridized carbons (Fsp3) is 0.933. The Morgan fingerprint density at radius 3 is 0.947 bits per heavy atom. The number of aliphatic hydroxyl groups is 1. The van der Waals surface area contributed by atoms with Gasteiger partial charge in [0, 0.05) is 20.3 Å². The molecule has 0 aromatic heterocycles. The highest BCUT2D eigenvalue weighted by Crippen LogP contribution is 1.81. The summed E-state index contributed by atoms with van der Waals surface area (Å²) in [6.07, 6.45) is -0.833. The van der Waals surface area contributed by atoms with Gasteiger partial charge in [0.15, 0.2) is 0 Å². The van der Waals surface area contributed by atoms with E-state index in [4.69, 9.17) is 5.11 Å². The predicted molar refractivity (Wildman–Crippen MR) is 83.4 cm³/mol. The van der Waals surface area contributed by atoms with Crippen LogP contribution >= 0.6 is 0 Å². The van der Waals surface area contributed by atoms with Crippen LogP contribution in [0.15, 0.2) is 0 Å². The molecule has 0 aliphatic carbocycles. The summed E-state index contributed by atoms with van der Waals surface area (Å²) < 4.78 is 15.2. The van der Waals surface area contributed by atoms with Crippen LogP contribution in [-0.4, -0.2) is 37.4 Å². The third-order valence-corrected chi connectivity index (χ3v) is 0. The number of carbonyl (C=O) groups is 1. The van der Waals surface area contributed by atoms with Crippen molar-refractivity contribution in [3.63, 3.8) is 0 Å². The van der Waals surface area contributed by atoms with E-state index < -0.39 is 6.17 Å². The first-order valence-electron chi connectivity index (χ1n) is 6.54. The fourth-order valence-electron chi connectivity index (χ4n) is 0. The Balaban J connectivity index is -0.0000000432. The van der Waals surface area contributed by atoms with Crippen molar-refractivity contribution in [1.29, 1.82) is 0 Å². The minimum Gasteiger partial charge on any atom is -0.394 e. The molecule has 0 aliphatic rings. The summed E-state index contributed by atoms with van der Waals surface area (Å²) in [4.78, 5) is 9.44. The Bertz CT molecular complexity index is 109. The van der Waals surface area contributed by atoms with Gasteiger partial charge in [0.25, 0.3) is 0 Å². The SMILES string of the molecule is CC(C)=O.CC(C)C.CC(C)F.CC(C)O.COC. The van der Waals surface area contributed by atoms with Gasteiger partial charge in [-0.15, -0.1) is 0 Å². The normalized spacial score (nSPS) is 8.00. The van der Waals surface area contributed by atoms with E-state index in [2.05, 4.69) is 25.5 Å². The number of rotatable bonds is 0. The van der Waals surface area contributed by atoms with Crippen LogP contribution in [-0.2, 0) is 9.53 Å². The third kappa shape index (κ3) is 18300. The van der Waals surface area contributed by atoms with Crippen LogP contribution in [0.5, 0.6) is 0 Å². The summed E-state index contributed by atoms with van der Waals surface area (Å²) in [6.45, 7) is 16.0. The molecule has 1 N–H and O–H groups in total. The van der Waals surface area contributed by atoms with Crippen LogP contribution in [0.2, 0.25) is 0 Å². The second-order valence-corrected chi connectivity index (χ2v) is 5.16. The van der Waals surface area contributed by atoms with Gasteiger partial charge in [0.1, 0.15) is 5.78 Å². The molecule has 0 atom stereocenters. The first kappa shape index (κ1) is 31.1. The minimum absolute atomic E-state index is 0.167. The first-order valence-corrected chi connectivity index (χ1v) is 6.54. The first-order chi connectivity index (χ1) is 8.34. The van der Waals surface area contributed by atoms with Crippen LogP contribution in [0.1, 0.15) is 62.3 Å². The molecule has 0 aliphatic heterocycles. The van der Waals surface area contributed by atoms with Gasteiger partial charge < -0.3 is 14.6 Å². The van der Waals surface area contributed by atoms with Gasteiger partial charge in [0.2, 0.25) is 0 Å². The van der Waals surface area contributed by atoms with Crippen molar-refractivity contribution in [1.82, 2.24) is 0 Å². The van der Waals surface area contributed by atoms with Crippen LogP contribution < -0.4 is 0 Å². The van der Waals surface area contributed by atoms with Crippen LogP contribution in [0.3, 0.4) is 0 Å². The zero-order chi connectivity index (χ0) is 17.0. The average Bonchev–Trinajstić information content (AvgIpc) is 1.97. The van der Waals surface area contributed by atoms with Crippen molar-refractivity contribution >= 4 is 5.78 Å². The number of carbonyl (C=O) groups excluding carboxylic acids is 1. The van der Waals surface area contributed by atoms with Gasteiger partial charge >= 0.3 is 0 Å². The maximum Gasteiger partial charge on any atom is 0.126 e. The van der Waals surface area contributed by atoms with E-state index in [1.54, 1.807) is 28.1 Å². The molecule has 4 heteroatoms. The Hall–Kier alpha value is -0.480. The minimum atomic E-state index is -0.667. The number of ketones is 1. The Kier molecular flexibility index (Phi) is 49.9. The van der Waals surface area contributed by atoms with Gasteiger partial charge in [-0.2, -0.15) is 0 Å². The van der Waals surface area contributed by atoms with E-state index in [-0.39, 0.29) is 11.9 Å². The van der Waals surface area contributed by atoms with E-state index in [1.807, 2.05) is 0 Å². The maximum absolute atomic E-state index is 11.0. The van der Waals surface area contributed by atoms with Crippen molar-refractivity contribution in [3.05, 3.63) is 0 Å². The molecule has 0 aromatic rings. The largest absolute Gasteiger partial charge is 0.394 e.